The van der Waals surface area contributed by atoms with Crippen molar-refractivity contribution in [1.29, 1.82) is 0 Å². The van der Waals surface area contributed by atoms with Gasteiger partial charge in [0.1, 0.15) is 5.69 Å². The number of anilines is 1. The van der Waals surface area contributed by atoms with E-state index < -0.39 is 36.4 Å². The largest absolute Gasteiger partial charge is 0.559 e. The van der Waals surface area contributed by atoms with Gasteiger partial charge in [0.05, 0.1) is 0 Å². The van der Waals surface area contributed by atoms with E-state index in [0.29, 0.717) is 0 Å². The number of carboxylic acids is 1. The quantitative estimate of drug-likeness (QED) is 0.182. The fraction of sp³-hybridized carbons (Fsp3) is 0.400. The zero-order valence-electron chi connectivity index (χ0n) is 12.3. The van der Waals surface area contributed by atoms with E-state index in [1.165, 1.54) is 19.2 Å². The van der Waals surface area contributed by atoms with Crippen LogP contribution in [0.2, 0.25) is 0 Å². The summed E-state index contributed by atoms with van der Waals surface area (Å²) in [6, 6.07) is 0. The van der Waals surface area contributed by atoms with E-state index in [1.807, 2.05) is 5.32 Å². The van der Waals surface area contributed by atoms with Crippen LogP contribution in [0, 0.1) is 0 Å². The summed E-state index contributed by atoms with van der Waals surface area (Å²) >= 11 is 1.00. The summed E-state index contributed by atoms with van der Waals surface area (Å²) in [5.41, 5.74) is 3.30. The summed E-state index contributed by atoms with van der Waals surface area (Å²) < 4.78 is 0. The molecule has 11 nitrogen and oxygen atoms in total. The molecule has 0 spiro atoms. The van der Waals surface area contributed by atoms with Crippen molar-refractivity contribution in [2.24, 2.45) is 5.16 Å². The molecular formula is C10H16BN4O7S-. The molecule has 0 aliphatic heterocycles. The first-order valence-electron chi connectivity index (χ1n) is 6.24. The fourth-order valence-electron chi connectivity index (χ4n) is 1.11. The molecule has 1 aromatic rings. The average molecular weight is 347 g/mol. The van der Waals surface area contributed by atoms with E-state index in [1.54, 1.807) is 0 Å². The highest BCUT2D eigenvalue weighted by Gasteiger charge is 2.31. The second-order valence-corrected chi connectivity index (χ2v) is 5.91. The van der Waals surface area contributed by atoms with Crippen molar-refractivity contribution in [3.8, 4) is 0 Å². The van der Waals surface area contributed by atoms with E-state index >= 15 is 0 Å². The lowest BCUT2D eigenvalue weighted by Crippen LogP contribution is -2.50. The molecule has 23 heavy (non-hydrogen) atoms. The molecule has 0 aromatic carbocycles. The van der Waals surface area contributed by atoms with Crippen LogP contribution in [0.15, 0.2) is 10.5 Å². The number of nitrogen functional groups attached to an aromatic ring is 1. The van der Waals surface area contributed by atoms with Crippen molar-refractivity contribution in [2.45, 2.75) is 19.4 Å². The SMILES string of the molecule is CC(C)(ON=C(C(=O)NC[B-](O)(O)O)c1csc(N)n1)C(=O)O. The second kappa shape index (κ2) is 6.91. The molecule has 7 N–H and O–H groups in total. The van der Waals surface area contributed by atoms with Crippen LogP contribution in [0.25, 0.3) is 0 Å². The van der Waals surface area contributed by atoms with Gasteiger partial charge in [-0.25, -0.2) is 9.78 Å². The van der Waals surface area contributed by atoms with Gasteiger partial charge < -0.3 is 36.1 Å². The highest BCUT2D eigenvalue weighted by molar-refractivity contribution is 7.13. The van der Waals surface area contributed by atoms with E-state index in [2.05, 4.69) is 10.1 Å². The monoisotopic (exact) mass is 347 g/mol. The zero-order chi connectivity index (χ0) is 17.8. The molecule has 128 valence electrons. The second-order valence-electron chi connectivity index (χ2n) is 5.02. The number of carbonyl (C=O) groups excluding carboxylic acids is 1. The van der Waals surface area contributed by atoms with Gasteiger partial charge in [-0.1, -0.05) is 5.16 Å². The van der Waals surface area contributed by atoms with Gasteiger partial charge in [-0.3, -0.25) is 4.79 Å². The van der Waals surface area contributed by atoms with Gasteiger partial charge >= 0.3 is 12.7 Å². The Kier molecular flexibility index (Phi) is 5.66. The summed E-state index contributed by atoms with van der Waals surface area (Å²) in [5.74, 6) is -2.29. The Morgan fingerprint density at radius 3 is 2.52 bits per heavy atom. The van der Waals surface area contributed by atoms with Crippen molar-refractivity contribution < 1.29 is 34.6 Å². The lowest BCUT2D eigenvalue weighted by atomic mass is 9.81. The third-order valence-corrected chi connectivity index (χ3v) is 3.07. The molecule has 0 unspecified atom stereocenters. The Morgan fingerprint density at radius 2 is 2.09 bits per heavy atom. The summed E-state index contributed by atoms with van der Waals surface area (Å²) in [4.78, 5) is 31.6. The number of carboxylic acid groups (broad SMARTS) is 1. The van der Waals surface area contributed by atoms with E-state index in [0.717, 1.165) is 11.3 Å². The number of rotatable bonds is 7. The first-order chi connectivity index (χ1) is 10.4. The molecule has 1 aromatic heterocycles. The maximum Gasteiger partial charge on any atom is 0.390 e. The van der Waals surface area contributed by atoms with Crippen LogP contribution in [0.3, 0.4) is 0 Å². The van der Waals surface area contributed by atoms with E-state index in [9.17, 15) is 9.59 Å². The number of nitrogens with zero attached hydrogens (tertiary/aromatic N) is 2. The number of nitrogens with one attached hydrogen (secondary N) is 1. The Hall–Kier alpha value is -2.22. The highest BCUT2D eigenvalue weighted by Crippen LogP contribution is 2.15. The number of oxime groups is 1. The van der Waals surface area contributed by atoms with Crippen LogP contribution < -0.4 is 11.1 Å². The molecule has 0 radical (unpaired) electrons. The molecule has 0 saturated carbocycles. The van der Waals surface area contributed by atoms with Crippen LogP contribution in [-0.2, 0) is 14.4 Å². The van der Waals surface area contributed by atoms with Gasteiger partial charge in [0.25, 0.3) is 5.91 Å². The van der Waals surface area contributed by atoms with E-state index in [4.69, 9.17) is 30.7 Å². The Labute approximate surface area is 134 Å². The molecule has 1 rings (SSSR count). The van der Waals surface area contributed by atoms with Gasteiger partial charge in [-0.05, 0) is 20.3 Å². The Morgan fingerprint density at radius 1 is 1.48 bits per heavy atom. The normalized spacial score (nSPS) is 12.8. The third-order valence-electron chi connectivity index (χ3n) is 2.40. The number of nitrogens with two attached hydrogens (primary N) is 1. The number of hydrogen-bond acceptors (Lipinski definition) is 10. The van der Waals surface area contributed by atoms with Crippen LogP contribution in [0.5, 0.6) is 0 Å². The summed E-state index contributed by atoms with van der Waals surface area (Å²) in [6.07, 6.45) is -0.861. The molecule has 0 bridgehead atoms. The van der Waals surface area contributed by atoms with Crippen molar-refractivity contribution in [3.63, 3.8) is 0 Å². The van der Waals surface area contributed by atoms with Gasteiger partial charge in [-0.2, -0.15) is 0 Å². The Balaban J connectivity index is 3.03. The maximum absolute atomic E-state index is 12.0. The Bertz CT molecular complexity index is 625. The molecule has 0 aliphatic rings. The minimum Gasteiger partial charge on any atom is -0.559 e. The average Bonchev–Trinajstić information content (AvgIpc) is 2.82. The van der Waals surface area contributed by atoms with Crippen molar-refractivity contribution >= 4 is 40.8 Å². The van der Waals surface area contributed by atoms with Gasteiger partial charge in [0, 0.05) is 5.38 Å². The number of aromatic nitrogens is 1. The number of aliphatic carboxylic acids is 1. The number of thiazole rings is 1. The predicted octanol–water partition coefficient (Wildman–Crippen LogP) is -2.12. The molecule has 1 heterocycles. The third kappa shape index (κ3) is 5.82. The van der Waals surface area contributed by atoms with Crippen molar-refractivity contribution in [2.75, 3.05) is 12.2 Å². The summed E-state index contributed by atoms with van der Waals surface area (Å²) in [6.45, 7) is -1.31. The minimum atomic E-state index is -3.74. The van der Waals surface area contributed by atoms with Gasteiger partial charge in [-0.15, -0.1) is 11.3 Å². The van der Waals surface area contributed by atoms with Crippen LogP contribution in [-0.4, -0.2) is 61.6 Å². The summed E-state index contributed by atoms with van der Waals surface area (Å²) in [7, 11) is 0. The predicted molar refractivity (Wildman–Crippen MR) is 81.3 cm³/mol. The molecule has 0 fully saturated rings. The number of amides is 1. The van der Waals surface area contributed by atoms with Crippen LogP contribution in [0.1, 0.15) is 19.5 Å². The van der Waals surface area contributed by atoms with Crippen molar-refractivity contribution in [1.82, 2.24) is 10.3 Å². The molecule has 0 atom stereocenters. The maximum atomic E-state index is 12.0. The van der Waals surface area contributed by atoms with E-state index in [-0.39, 0.29) is 10.8 Å². The minimum absolute atomic E-state index is 0.00175. The van der Waals surface area contributed by atoms with Crippen molar-refractivity contribution in [3.05, 3.63) is 11.1 Å². The molecular weight excluding hydrogens is 331 g/mol. The standard InChI is InChI=1S/C10H16BN4O7S/c1-10(2,8(17)18)22-15-6(5-3-23-9(12)14-5)7(16)13-4-11(19,20)21/h3,19-21H,4H2,1-2H3,(H2,12,14)(H,13,16)(H,17,18)/q-1. The van der Waals surface area contributed by atoms with Crippen LogP contribution in [0.4, 0.5) is 5.13 Å². The molecule has 1 amide bonds. The highest BCUT2D eigenvalue weighted by atomic mass is 32.1. The smallest absolute Gasteiger partial charge is 0.390 e. The lowest BCUT2D eigenvalue weighted by molar-refractivity contribution is -0.161. The molecule has 0 saturated heterocycles. The molecule has 0 aliphatic carbocycles. The van der Waals surface area contributed by atoms with Gasteiger partial charge in [0.15, 0.2) is 10.8 Å². The van der Waals surface area contributed by atoms with Gasteiger partial charge in [0.2, 0.25) is 5.60 Å². The first-order valence-corrected chi connectivity index (χ1v) is 7.12. The van der Waals surface area contributed by atoms with Crippen LogP contribution >= 0.6 is 11.3 Å². The molecule has 13 heteroatoms. The summed E-state index contributed by atoms with van der Waals surface area (Å²) in [5, 5.41) is 42.4. The lowest BCUT2D eigenvalue weighted by Gasteiger charge is -2.21. The number of carbonyl (C=O) groups is 2. The first kappa shape index (κ1) is 18.8. The topological polar surface area (TPSA) is 188 Å². The zero-order valence-corrected chi connectivity index (χ0v) is 13.1. The number of hydrogen-bond donors (Lipinski definition) is 6. The fourth-order valence-corrected chi connectivity index (χ4v) is 1.66.